The summed E-state index contributed by atoms with van der Waals surface area (Å²) in [7, 11) is 0. The molecule has 1 aromatic heterocycles. The van der Waals surface area contributed by atoms with E-state index in [9.17, 15) is 0 Å². The molecule has 0 radical (unpaired) electrons. The molecule has 1 fully saturated rings. The first-order chi connectivity index (χ1) is 6.79. The molecule has 1 heteroatoms. The van der Waals surface area contributed by atoms with Gasteiger partial charge in [0.05, 0.1) is 0 Å². The van der Waals surface area contributed by atoms with Crippen LogP contribution in [0.5, 0.6) is 0 Å². The maximum Gasteiger partial charge on any atom is -0.00755 e. The van der Waals surface area contributed by atoms with Gasteiger partial charge in [-0.1, -0.05) is 6.92 Å². The number of hydrogen-bond donors (Lipinski definition) is 0. The average Bonchev–Trinajstić information content (AvgIpc) is 2.87. The van der Waals surface area contributed by atoms with Gasteiger partial charge in [0.2, 0.25) is 0 Å². The Hall–Kier alpha value is -0.430. The maximum absolute atomic E-state index is 2.49. The minimum atomic E-state index is 0.935. The number of hydrogen-bond acceptors (Lipinski definition) is 1. The summed E-state index contributed by atoms with van der Waals surface area (Å²) in [4.78, 5) is 3.30. The Morgan fingerprint density at radius 3 is 2.93 bits per heavy atom. The molecule has 14 heavy (non-hydrogen) atoms. The zero-order valence-electron chi connectivity index (χ0n) is 8.97. The van der Waals surface area contributed by atoms with Crippen LogP contribution in [-0.2, 0) is 0 Å². The monoisotopic (exact) mass is 205 g/mol. The van der Waals surface area contributed by atoms with Crippen LogP contribution in [0.3, 0.4) is 0 Å². The van der Waals surface area contributed by atoms with Crippen molar-refractivity contribution < 1.29 is 0 Å². The van der Waals surface area contributed by atoms with E-state index in [-0.39, 0.29) is 0 Å². The minimum absolute atomic E-state index is 0.935. The first kappa shape index (κ1) is 8.84. The first-order valence-electron chi connectivity index (χ1n) is 5.76. The summed E-state index contributed by atoms with van der Waals surface area (Å²) < 4.78 is 0. The highest BCUT2D eigenvalue weighted by Crippen LogP contribution is 2.56. The molecule has 0 aliphatic heterocycles. The minimum Gasteiger partial charge on any atom is -0.202 e. The van der Waals surface area contributed by atoms with Crippen molar-refractivity contribution in [2.24, 2.45) is 0 Å². The second kappa shape index (κ2) is 3.03. The largest absolute Gasteiger partial charge is 0.202 e. The highest BCUT2D eigenvalue weighted by Gasteiger charge is 2.36. The summed E-state index contributed by atoms with van der Waals surface area (Å²) >= 11 is 2.08. The summed E-state index contributed by atoms with van der Waals surface area (Å²) in [5.74, 6) is 3.45. The van der Waals surface area contributed by atoms with Crippen LogP contribution in [0.2, 0.25) is 0 Å². The van der Waals surface area contributed by atoms with E-state index in [0.717, 1.165) is 11.8 Å². The van der Waals surface area contributed by atoms with E-state index in [1.807, 2.05) is 0 Å². The van der Waals surface area contributed by atoms with E-state index in [1.165, 1.54) is 25.7 Å². The fraction of sp³-hybridized carbons (Fsp3) is 0.615. The van der Waals surface area contributed by atoms with E-state index >= 15 is 0 Å². The average molecular weight is 205 g/mol. The Morgan fingerprint density at radius 1 is 1.43 bits per heavy atom. The summed E-state index contributed by atoms with van der Waals surface area (Å²) in [5, 5.41) is 0. The van der Waals surface area contributed by atoms with Crippen LogP contribution >= 0.6 is 11.3 Å². The molecule has 1 saturated carbocycles. The fourth-order valence-corrected chi connectivity index (χ4v) is 4.41. The predicted octanol–water partition coefficient (Wildman–Crippen LogP) is 4.47. The molecular weight excluding hydrogens is 188 g/mol. The van der Waals surface area contributed by atoms with Gasteiger partial charge in [-0.15, -0.1) is 23.8 Å². The van der Waals surface area contributed by atoms with Gasteiger partial charge in [0.15, 0.2) is 0 Å². The fourth-order valence-electron chi connectivity index (χ4n) is 2.94. The lowest BCUT2D eigenvalue weighted by atomic mass is 9.97. The highest BCUT2D eigenvalue weighted by molar-refractivity contribution is 7.12. The van der Waals surface area contributed by atoms with Gasteiger partial charge >= 0.3 is 0 Å². The van der Waals surface area contributed by atoms with E-state index < -0.39 is 0 Å². The molecule has 76 valence electrons. The van der Waals surface area contributed by atoms with E-state index in [0.29, 0.717) is 0 Å². The third-order valence-electron chi connectivity index (χ3n) is 3.99. The van der Waals surface area contributed by atoms with Crippen molar-refractivity contribution in [3.63, 3.8) is 0 Å². The second-order valence-corrected chi connectivity index (χ2v) is 5.85. The predicted molar refractivity (Wildman–Crippen MR) is 62.0 cm³/mol. The van der Waals surface area contributed by atoms with Crippen LogP contribution < -0.4 is 0 Å². The lowest BCUT2D eigenvalue weighted by Gasteiger charge is -2.16. The molecule has 2 unspecified atom stereocenters. The van der Waals surface area contributed by atoms with Crippen molar-refractivity contribution in [1.29, 1.82) is 0 Å². The molecule has 1 aromatic rings. The molecule has 0 nitrogen and oxygen atoms in total. The van der Waals surface area contributed by atoms with Crippen molar-refractivity contribution in [2.45, 2.75) is 51.4 Å². The topological polar surface area (TPSA) is 0 Å². The van der Waals surface area contributed by atoms with E-state index in [2.05, 4.69) is 31.3 Å². The van der Waals surface area contributed by atoms with Gasteiger partial charge < -0.3 is 0 Å². The molecule has 0 N–H and O–H groups in total. The van der Waals surface area contributed by atoms with Gasteiger partial charge in [-0.05, 0) is 36.0 Å². The molecular formula is C13H17S-. The normalized spacial score (nSPS) is 28.1. The van der Waals surface area contributed by atoms with Crippen molar-refractivity contribution in [1.82, 2.24) is 0 Å². The van der Waals surface area contributed by atoms with Crippen molar-refractivity contribution >= 4 is 11.3 Å². The quantitative estimate of drug-likeness (QED) is 0.625. The van der Waals surface area contributed by atoms with Gasteiger partial charge in [0, 0.05) is 0 Å². The zero-order chi connectivity index (χ0) is 9.71. The molecule has 0 spiro atoms. The van der Waals surface area contributed by atoms with Gasteiger partial charge in [-0.25, -0.2) is 5.92 Å². The smallest absolute Gasteiger partial charge is 0.00755 e. The number of fused-ring (bicyclic) bond motifs is 5. The standard InChI is InChI=1S/C13H17S/c1-3-8(2)12-7-11-9-4-5-10(6-9)13(11)14-12/h7,9-10H,3-6H2,1-2H3/q-1. The Labute approximate surface area is 90.3 Å². The van der Waals surface area contributed by atoms with Crippen LogP contribution in [-0.4, -0.2) is 0 Å². The Balaban J connectivity index is 1.98. The summed E-state index contributed by atoms with van der Waals surface area (Å²) in [6, 6.07) is 2.49. The SMILES string of the molecule is CC[C-](C)c1cc2c(s1)C1CCC2C1. The zero-order valence-corrected chi connectivity index (χ0v) is 9.79. The van der Waals surface area contributed by atoms with Crippen LogP contribution in [0.1, 0.15) is 66.7 Å². The molecule has 0 saturated heterocycles. The van der Waals surface area contributed by atoms with Gasteiger partial charge in [0.1, 0.15) is 0 Å². The summed E-state index contributed by atoms with van der Waals surface area (Å²) in [5.41, 5.74) is 1.72. The molecule has 1 heterocycles. The first-order valence-corrected chi connectivity index (χ1v) is 6.57. The molecule has 2 aliphatic carbocycles. The van der Waals surface area contributed by atoms with Gasteiger partial charge in [0.25, 0.3) is 0 Å². The molecule has 0 amide bonds. The highest BCUT2D eigenvalue weighted by atomic mass is 32.1. The van der Waals surface area contributed by atoms with E-state index in [4.69, 9.17) is 0 Å². The van der Waals surface area contributed by atoms with Gasteiger partial charge in [-0.3, -0.25) is 0 Å². The molecule has 2 aliphatic rings. The number of rotatable bonds is 2. The van der Waals surface area contributed by atoms with Crippen LogP contribution in [0.15, 0.2) is 6.07 Å². The third-order valence-corrected chi connectivity index (χ3v) is 5.46. The van der Waals surface area contributed by atoms with E-state index in [1.54, 1.807) is 21.2 Å². The van der Waals surface area contributed by atoms with Crippen molar-refractivity contribution in [2.75, 3.05) is 0 Å². The molecule has 0 aromatic carbocycles. The Morgan fingerprint density at radius 2 is 2.21 bits per heavy atom. The number of thiophene rings is 1. The van der Waals surface area contributed by atoms with Crippen LogP contribution in [0.4, 0.5) is 0 Å². The summed E-state index contributed by atoms with van der Waals surface area (Å²) in [6.45, 7) is 4.54. The maximum atomic E-state index is 2.49. The van der Waals surface area contributed by atoms with Crippen molar-refractivity contribution in [3.8, 4) is 0 Å². The molecule has 3 rings (SSSR count). The van der Waals surface area contributed by atoms with Gasteiger partial charge in [-0.2, -0.15) is 17.4 Å². The molecule has 2 bridgehead atoms. The third kappa shape index (κ3) is 1.08. The Kier molecular flexibility index (Phi) is 1.91. The lowest BCUT2D eigenvalue weighted by molar-refractivity contribution is 0.728. The second-order valence-electron chi connectivity index (χ2n) is 4.77. The summed E-state index contributed by atoms with van der Waals surface area (Å²) in [6.07, 6.45) is 5.59. The Bertz CT molecular complexity index is 323. The van der Waals surface area contributed by atoms with Crippen molar-refractivity contribution in [3.05, 3.63) is 27.3 Å². The molecule has 2 atom stereocenters. The van der Waals surface area contributed by atoms with Crippen LogP contribution in [0.25, 0.3) is 0 Å². The lowest BCUT2D eigenvalue weighted by Crippen LogP contribution is -1.91. The van der Waals surface area contributed by atoms with Crippen LogP contribution in [0, 0.1) is 5.92 Å².